The molecule has 2 aliphatic heterocycles. The molecular weight excluding hydrogens is 378 g/mol. The zero-order valence-electron chi connectivity index (χ0n) is 16.9. The molecule has 7 heteroatoms. The van der Waals surface area contributed by atoms with Crippen LogP contribution in [0.25, 0.3) is 0 Å². The van der Waals surface area contributed by atoms with Gasteiger partial charge < -0.3 is 10.2 Å². The maximum Gasteiger partial charge on any atom is 0.346 e. The van der Waals surface area contributed by atoms with Gasteiger partial charge in [0.25, 0.3) is 0 Å². The molecule has 0 saturated heterocycles. The third-order valence-electron chi connectivity index (χ3n) is 5.92. The van der Waals surface area contributed by atoms with Crippen LogP contribution in [0.3, 0.4) is 0 Å². The topological polar surface area (TPSA) is 72.2 Å². The highest BCUT2D eigenvalue weighted by Gasteiger charge is 2.20. The summed E-state index contributed by atoms with van der Waals surface area (Å²) in [6, 6.07) is 16.3. The molecule has 0 aliphatic carbocycles. The van der Waals surface area contributed by atoms with Crippen molar-refractivity contribution in [2.45, 2.75) is 45.2 Å². The number of hydrogen-bond donors (Lipinski definition) is 1. The summed E-state index contributed by atoms with van der Waals surface area (Å²) in [6.07, 6.45) is 4.97. The van der Waals surface area contributed by atoms with E-state index in [1.165, 1.54) is 15.9 Å². The number of nitrogens with one attached hydrogen (secondary N) is 1. The third kappa shape index (κ3) is 3.51. The van der Waals surface area contributed by atoms with E-state index in [1.807, 2.05) is 24.3 Å². The number of carbonyl (C=O) groups is 1. The Morgan fingerprint density at radius 2 is 1.80 bits per heavy atom. The second kappa shape index (κ2) is 7.82. The highest BCUT2D eigenvalue weighted by Crippen LogP contribution is 2.34. The molecular formula is C23H25N5O2. The van der Waals surface area contributed by atoms with E-state index < -0.39 is 0 Å². The molecule has 0 radical (unpaired) electrons. The Morgan fingerprint density at radius 3 is 2.67 bits per heavy atom. The fourth-order valence-corrected chi connectivity index (χ4v) is 4.40. The lowest BCUT2D eigenvalue weighted by atomic mass is 10.2. The van der Waals surface area contributed by atoms with Gasteiger partial charge in [-0.25, -0.2) is 9.48 Å². The molecule has 0 saturated carbocycles. The highest BCUT2D eigenvalue weighted by atomic mass is 16.2. The van der Waals surface area contributed by atoms with Crippen LogP contribution in [0.2, 0.25) is 0 Å². The number of amides is 1. The fraction of sp³-hybridized carbons (Fsp3) is 0.348. The first-order valence-electron chi connectivity index (χ1n) is 10.6. The average Bonchev–Trinajstić information content (AvgIpc) is 3.21. The maximum atomic E-state index is 12.5. The monoisotopic (exact) mass is 403 g/mol. The molecule has 7 nitrogen and oxygen atoms in total. The van der Waals surface area contributed by atoms with E-state index in [0.29, 0.717) is 12.2 Å². The largest absolute Gasteiger partial charge is 0.346 e. The molecule has 1 aromatic heterocycles. The first kappa shape index (κ1) is 18.7. The molecule has 2 aromatic carbocycles. The standard InChI is InChI=1S/C23H25N5O2/c29-22(16-28-23(30)27-14-5-1-2-8-21(27)25-28)24-18-9-11-19(12-10-18)26-15-13-17-6-3-4-7-20(17)26/h3-4,6-7,9-12H,1-2,5,8,13-16H2,(H,24,29). The number of fused-ring (bicyclic) bond motifs is 2. The molecule has 154 valence electrons. The van der Waals surface area contributed by atoms with Crippen LogP contribution in [-0.2, 0) is 30.7 Å². The van der Waals surface area contributed by atoms with Gasteiger partial charge in [-0.1, -0.05) is 24.6 Å². The molecule has 30 heavy (non-hydrogen) atoms. The van der Waals surface area contributed by atoms with Crippen LogP contribution < -0.4 is 15.9 Å². The van der Waals surface area contributed by atoms with Crippen LogP contribution >= 0.6 is 0 Å². The Morgan fingerprint density at radius 1 is 0.967 bits per heavy atom. The Kier molecular flexibility index (Phi) is 4.86. The van der Waals surface area contributed by atoms with Crippen molar-refractivity contribution in [3.8, 4) is 0 Å². The number of rotatable bonds is 4. The summed E-state index contributed by atoms with van der Waals surface area (Å²) in [7, 11) is 0. The van der Waals surface area contributed by atoms with Gasteiger partial charge in [0.2, 0.25) is 5.91 Å². The zero-order chi connectivity index (χ0) is 20.5. The summed E-state index contributed by atoms with van der Waals surface area (Å²) in [5, 5.41) is 7.26. The van der Waals surface area contributed by atoms with Gasteiger partial charge in [0, 0.05) is 36.6 Å². The molecule has 0 unspecified atom stereocenters. The molecule has 2 aliphatic rings. The molecule has 0 bridgehead atoms. The quantitative estimate of drug-likeness (QED) is 0.727. The first-order chi connectivity index (χ1) is 14.7. The van der Waals surface area contributed by atoms with Crippen molar-refractivity contribution in [1.29, 1.82) is 0 Å². The number of hydrogen-bond acceptors (Lipinski definition) is 4. The summed E-state index contributed by atoms with van der Waals surface area (Å²) in [5.74, 6) is 0.546. The van der Waals surface area contributed by atoms with Crippen LogP contribution in [0.15, 0.2) is 53.3 Å². The first-order valence-corrected chi connectivity index (χ1v) is 10.6. The Bertz CT molecular complexity index is 1130. The predicted octanol–water partition coefficient (Wildman–Crippen LogP) is 3.10. The van der Waals surface area contributed by atoms with Crippen molar-refractivity contribution in [2.24, 2.45) is 0 Å². The van der Waals surface area contributed by atoms with E-state index in [-0.39, 0.29) is 18.1 Å². The van der Waals surface area contributed by atoms with E-state index in [2.05, 4.69) is 39.6 Å². The molecule has 0 fully saturated rings. The van der Waals surface area contributed by atoms with Gasteiger partial charge in [0.1, 0.15) is 12.4 Å². The predicted molar refractivity (Wildman–Crippen MR) is 116 cm³/mol. The van der Waals surface area contributed by atoms with Gasteiger partial charge in [-0.15, -0.1) is 0 Å². The van der Waals surface area contributed by atoms with Crippen LogP contribution in [0.4, 0.5) is 17.1 Å². The number of aromatic nitrogens is 3. The zero-order valence-corrected chi connectivity index (χ0v) is 16.9. The van der Waals surface area contributed by atoms with Crippen molar-refractivity contribution >= 4 is 23.0 Å². The molecule has 0 spiro atoms. The van der Waals surface area contributed by atoms with E-state index in [4.69, 9.17) is 0 Å². The van der Waals surface area contributed by atoms with Gasteiger partial charge in [-0.2, -0.15) is 5.10 Å². The Hall–Kier alpha value is -3.35. The maximum absolute atomic E-state index is 12.5. The lowest BCUT2D eigenvalue weighted by molar-refractivity contribution is -0.117. The minimum Gasteiger partial charge on any atom is -0.341 e. The van der Waals surface area contributed by atoms with E-state index >= 15 is 0 Å². The molecule has 1 amide bonds. The second-order valence-corrected chi connectivity index (χ2v) is 7.94. The van der Waals surface area contributed by atoms with Crippen molar-refractivity contribution in [3.05, 3.63) is 70.4 Å². The van der Waals surface area contributed by atoms with Crippen LogP contribution in [-0.4, -0.2) is 26.8 Å². The highest BCUT2D eigenvalue weighted by molar-refractivity contribution is 5.90. The Labute approximate surface area is 174 Å². The van der Waals surface area contributed by atoms with E-state index in [1.54, 1.807) is 4.57 Å². The summed E-state index contributed by atoms with van der Waals surface area (Å²) >= 11 is 0. The van der Waals surface area contributed by atoms with Crippen molar-refractivity contribution in [1.82, 2.24) is 14.3 Å². The minimum atomic E-state index is -0.246. The number of para-hydroxylation sites is 1. The minimum absolute atomic E-state index is 0.0694. The second-order valence-electron chi connectivity index (χ2n) is 7.94. The van der Waals surface area contributed by atoms with Gasteiger partial charge in [0.15, 0.2) is 0 Å². The summed E-state index contributed by atoms with van der Waals surface area (Å²) < 4.78 is 2.99. The lowest BCUT2D eigenvalue weighted by Crippen LogP contribution is -2.30. The molecule has 3 heterocycles. The summed E-state index contributed by atoms with van der Waals surface area (Å²) in [4.78, 5) is 27.3. The normalized spacial score (nSPS) is 15.4. The van der Waals surface area contributed by atoms with Crippen LogP contribution in [0.1, 0.15) is 30.7 Å². The SMILES string of the molecule is O=C(Cn1nc2n(c1=O)CCCCC2)Nc1ccc(N2CCc3ccccc32)cc1. The van der Waals surface area contributed by atoms with Gasteiger partial charge >= 0.3 is 5.69 Å². The average molecular weight is 403 g/mol. The number of anilines is 3. The summed E-state index contributed by atoms with van der Waals surface area (Å²) in [5.41, 5.74) is 4.23. The van der Waals surface area contributed by atoms with E-state index in [9.17, 15) is 9.59 Å². The molecule has 0 atom stereocenters. The van der Waals surface area contributed by atoms with Gasteiger partial charge in [-0.05, 0) is 55.2 Å². The number of benzene rings is 2. The number of nitrogens with zero attached hydrogens (tertiary/aromatic N) is 4. The van der Waals surface area contributed by atoms with Crippen molar-refractivity contribution in [3.63, 3.8) is 0 Å². The van der Waals surface area contributed by atoms with Crippen molar-refractivity contribution in [2.75, 3.05) is 16.8 Å². The third-order valence-corrected chi connectivity index (χ3v) is 5.92. The summed E-state index contributed by atoms with van der Waals surface area (Å²) in [6.45, 7) is 1.58. The molecule has 1 N–H and O–H groups in total. The van der Waals surface area contributed by atoms with E-state index in [0.717, 1.165) is 50.2 Å². The van der Waals surface area contributed by atoms with Gasteiger partial charge in [-0.3, -0.25) is 9.36 Å². The van der Waals surface area contributed by atoms with Gasteiger partial charge in [0.05, 0.1) is 0 Å². The Balaban J connectivity index is 1.26. The van der Waals surface area contributed by atoms with Crippen LogP contribution in [0.5, 0.6) is 0 Å². The number of carbonyl (C=O) groups excluding carboxylic acids is 1. The smallest absolute Gasteiger partial charge is 0.341 e. The van der Waals surface area contributed by atoms with Crippen molar-refractivity contribution < 1.29 is 4.79 Å². The lowest BCUT2D eigenvalue weighted by Gasteiger charge is -2.20. The van der Waals surface area contributed by atoms with Crippen LogP contribution in [0, 0.1) is 0 Å². The molecule has 5 rings (SSSR count). The molecule has 3 aromatic rings. The fourth-order valence-electron chi connectivity index (χ4n) is 4.40. The number of aryl methyl sites for hydroxylation is 1.